The summed E-state index contributed by atoms with van der Waals surface area (Å²) < 4.78 is 3.67. The molecule has 0 aliphatic rings. The van der Waals surface area contributed by atoms with Crippen LogP contribution in [0.2, 0.25) is 0 Å². The van der Waals surface area contributed by atoms with Crippen molar-refractivity contribution < 1.29 is 0 Å². The molecule has 0 aliphatic heterocycles. The van der Waals surface area contributed by atoms with Crippen LogP contribution in [0.15, 0.2) is 216 Å². The highest BCUT2D eigenvalue weighted by molar-refractivity contribution is 6.26. The van der Waals surface area contributed by atoms with Crippen molar-refractivity contribution in [2.75, 3.05) is 0 Å². The van der Waals surface area contributed by atoms with Gasteiger partial charge >= 0.3 is 0 Å². The minimum absolute atomic E-state index is 0.0259. The Bertz CT molecular complexity index is 3610. The monoisotopic (exact) mass is 766 g/mol. The van der Waals surface area contributed by atoms with Crippen LogP contribution >= 0.6 is 0 Å². The first-order chi connectivity index (χ1) is 29.6. The smallest absolute Gasteiger partial charge is 0.263 e. The van der Waals surface area contributed by atoms with Crippen LogP contribution in [0.3, 0.4) is 0 Å². The Labute approximate surface area is 344 Å². The van der Waals surface area contributed by atoms with E-state index in [2.05, 4.69) is 109 Å². The quantitative estimate of drug-likeness (QED) is 0.167. The number of para-hydroxylation sites is 2. The molecule has 4 heteroatoms. The molecule has 12 aromatic rings. The van der Waals surface area contributed by atoms with Crippen molar-refractivity contribution in [2.45, 2.75) is 0 Å². The summed E-state index contributed by atoms with van der Waals surface area (Å²) in [5.74, 6) is 0. The van der Waals surface area contributed by atoms with Crippen molar-refractivity contribution in [1.82, 2.24) is 9.13 Å². The number of hydrogen-bond donors (Lipinski definition) is 0. The SMILES string of the molecule is O=c1c2ccccc2c2cc(-c3ccc4c5ccccc5c5ccc(-c6ccc7c(c6)c6ccccc6c(=O)n7-c6ccccc6)cc5c4c3)ccc2n1-c1ccccc1. The average Bonchev–Trinajstić information content (AvgIpc) is 3.32. The van der Waals surface area contributed by atoms with Gasteiger partial charge in [-0.25, -0.2) is 0 Å². The molecule has 0 N–H and O–H groups in total. The maximum Gasteiger partial charge on any atom is 0.263 e. The summed E-state index contributed by atoms with van der Waals surface area (Å²) in [4.78, 5) is 27.9. The number of fused-ring (bicyclic) bond motifs is 12. The van der Waals surface area contributed by atoms with Gasteiger partial charge in [-0.2, -0.15) is 0 Å². The zero-order valence-electron chi connectivity index (χ0n) is 32.3. The summed E-state index contributed by atoms with van der Waals surface area (Å²) in [5, 5.41) is 12.5. The third kappa shape index (κ3) is 5.11. The first-order valence-electron chi connectivity index (χ1n) is 20.3. The molecule has 0 saturated carbocycles. The summed E-state index contributed by atoms with van der Waals surface area (Å²) in [5.41, 5.74) is 7.75. The summed E-state index contributed by atoms with van der Waals surface area (Å²) in [7, 11) is 0. The third-order valence-electron chi connectivity index (χ3n) is 12.3. The van der Waals surface area contributed by atoms with E-state index in [1.807, 2.05) is 106 Å². The largest absolute Gasteiger partial charge is 0.276 e. The summed E-state index contributed by atoms with van der Waals surface area (Å²) in [6, 6.07) is 70.8. The van der Waals surface area contributed by atoms with E-state index >= 15 is 0 Å². The lowest BCUT2D eigenvalue weighted by molar-refractivity contribution is 1.06. The van der Waals surface area contributed by atoms with Crippen LogP contribution in [-0.2, 0) is 0 Å². The van der Waals surface area contributed by atoms with Crippen LogP contribution in [0.5, 0.6) is 0 Å². The van der Waals surface area contributed by atoms with Crippen LogP contribution in [0.1, 0.15) is 0 Å². The van der Waals surface area contributed by atoms with Crippen molar-refractivity contribution >= 4 is 75.7 Å². The molecule has 0 aliphatic carbocycles. The Kier molecular flexibility index (Phi) is 7.50. The molecule has 0 amide bonds. The van der Waals surface area contributed by atoms with Gasteiger partial charge in [-0.3, -0.25) is 18.7 Å². The minimum Gasteiger partial charge on any atom is -0.276 e. The van der Waals surface area contributed by atoms with Gasteiger partial charge in [-0.15, -0.1) is 0 Å². The van der Waals surface area contributed by atoms with Gasteiger partial charge in [0.25, 0.3) is 11.1 Å². The molecule has 0 fully saturated rings. The number of rotatable bonds is 4. The lowest BCUT2D eigenvalue weighted by atomic mass is 9.90. The fourth-order valence-electron chi connectivity index (χ4n) is 9.50. The Balaban J connectivity index is 1.08. The van der Waals surface area contributed by atoms with E-state index in [0.29, 0.717) is 10.8 Å². The topological polar surface area (TPSA) is 44.0 Å². The van der Waals surface area contributed by atoms with Crippen LogP contribution < -0.4 is 11.1 Å². The Hall–Kier alpha value is -8.08. The Morgan fingerprint density at radius 3 is 0.900 bits per heavy atom. The van der Waals surface area contributed by atoms with E-state index in [4.69, 9.17) is 0 Å². The third-order valence-corrected chi connectivity index (χ3v) is 12.3. The van der Waals surface area contributed by atoms with Crippen molar-refractivity contribution in [3.8, 4) is 33.6 Å². The highest BCUT2D eigenvalue weighted by Gasteiger charge is 2.17. The molecule has 4 nitrogen and oxygen atoms in total. The molecule has 0 saturated heterocycles. The van der Waals surface area contributed by atoms with Crippen molar-refractivity contribution in [1.29, 1.82) is 0 Å². The molecular weight excluding hydrogens is 733 g/mol. The first-order valence-corrected chi connectivity index (χ1v) is 20.3. The normalized spacial score (nSPS) is 11.8. The van der Waals surface area contributed by atoms with Gasteiger partial charge < -0.3 is 0 Å². The van der Waals surface area contributed by atoms with Crippen LogP contribution in [0.25, 0.3) is 109 Å². The number of nitrogens with zero attached hydrogens (tertiary/aromatic N) is 2. The standard InChI is InChI=1S/C56H34N2O2/c59-55-47-21-11-9-19-43(47)51-33-37(25-29-53(51)57(55)39-13-3-1-4-14-39)35-23-27-45-41-17-7-8-18-42(41)46-28-24-36(32-50(46)49(45)31-35)38-26-30-54-52(34-38)44-20-10-12-22-48(44)56(60)58(54)40-15-5-2-6-16-40/h1-34H. The minimum atomic E-state index is -0.0259. The van der Waals surface area contributed by atoms with Gasteiger partial charge in [0.15, 0.2) is 0 Å². The van der Waals surface area contributed by atoms with Gasteiger partial charge in [0, 0.05) is 32.9 Å². The molecule has 0 spiro atoms. The molecule has 60 heavy (non-hydrogen) atoms. The summed E-state index contributed by atoms with van der Waals surface area (Å²) in [6.45, 7) is 0. The van der Waals surface area contributed by atoms with E-state index in [9.17, 15) is 9.59 Å². The van der Waals surface area contributed by atoms with Crippen molar-refractivity contribution in [3.05, 3.63) is 227 Å². The van der Waals surface area contributed by atoms with Crippen molar-refractivity contribution in [2.24, 2.45) is 0 Å². The van der Waals surface area contributed by atoms with E-state index in [-0.39, 0.29) is 11.1 Å². The van der Waals surface area contributed by atoms with E-state index in [1.165, 1.54) is 32.3 Å². The lowest BCUT2D eigenvalue weighted by Crippen LogP contribution is -2.19. The molecule has 0 unspecified atom stereocenters. The Morgan fingerprint density at radius 1 is 0.233 bits per heavy atom. The molecule has 0 radical (unpaired) electrons. The average molecular weight is 767 g/mol. The number of hydrogen-bond acceptors (Lipinski definition) is 2. The summed E-state index contributed by atoms with van der Waals surface area (Å²) >= 11 is 0. The first kappa shape index (κ1) is 34.0. The molecule has 12 rings (SSSR count). The fraction of sp³-hybridized carbons (Fsp3) is 0. The van der Waals surface area contributed by atoms with Gasteiger partial charge in [-0.05, 0) is 138 Å². The molecule has 280 valence electrons. The van der Waals surface area contributed by atoms with Crippen LogP contribution in [0, 0.1) is 0 Å². The number of aromatic nitrogens is 2. The highest BCUT2D eigenvalue weighted by atomic mass is 16.1. The second kappa shape index (κ2) is 13.2. The van der Waals surface area contributed by atoms with E-state index < -0.39 is 0 Å². The second-order valence-corrected chi connectivity index (χ2v) is 15.6. The van der Waals surface area contributed by atoms with Crippen molar-refractivity contribution in [3.63, 3.8) is 0 Å². The summed E-state index contributed by atoms with van der Waals surface area (Å²) in [6.07, 6.45) is 0. The predicted molar refractivity (Wildman–Crippen MR) is 251 cm³/mol. The number of pyridine rings is 2. The lowest BCUT2D eigenvalue weighted by Gasteiger charge is -2.16. The second-order valence-electron chi connectivity index (χ2n) is 15.6. The van der Waals surface area contributed by atoms with Crippen LogP contribution in [0.4, 0.5) is 0 Å². The molecule has 10 aromatic carbocycles. The van der Waals surface area contributed by atoms with Gasteiger partial charge in [-0.1, -0.05) is 133 Å². The van der Waals surface area contributed by atoms with E-state index in [1.54, 1.807) is 0 Å². The molecule has 0 bridgehead atoms. The number of benzene rings is 10. The van der Waals surface area contributed by atoms with Gasteiger partial charge in [0.2, 0.25) is 0 Å². The molecular formula is C56H34N2O2. The van der Waals surface area contributed by atoms with E-state index in [0.717, 1.165) is 66.2 Å². The maximum absolute atomic E-state index is 14.0. The zero-order chi connectivity index (χ0) is 39.9. The molecule has 2 heterocycles. The van der Waals surface area contributed by atoms with Gasteiger partial charge in [0.05, 0.1) is 11.0 Å². The zero-order valence-corrected chi connectivity index (χ0v) is 32.3. The van der Waals surface area contributed by atoms with Crippen LogP contribution in [-0.4, -0.2) is 9.13 Å². The Morgan fingerprint density at radius 2 is 0.517 bits per heavy atom. The fourth-order valence-corrected chi connectivity index (χ4v) is 9.50. The highest BCUT2D eigenvalue weighted by Crippen LogP contribution is 2.40. The molecule has 2 aromatic heterocycles. The van der Waals surface area contributed by atoms with Gasteiger partial charge in [0.1, 0.15) is 0 Å². The molecule has 0 atom stereocenters. The predicted octanol–water partition coefficient (Wildman–Crippen LogP) is 13.4. The maximum atomic E-state index is 14.0.